The van der Waals surface area contributed by atoms with Gasteiger partial charge < -0.3 is 9.31 Å². The van der Waals surface area contributed by atoms with E-state index in [1.807, 2.05) is 36.4 Å². The molecule has 50 heavy (non-hydrogen) atoms. The normalized spacial score (nSPS) is 15.4. The maximum atomic E-state index is 6.68. The second-order valence-corrected chi connectivity index (χ2v) is 13.6. The molecule has 4 aromatic carbocycles. The van der Waals surface area contributed by atoms with E-state index in [1.54, 1.807) is 12.4 Å². The van der Waals surface area contributed by atoms with Crippen LogP contribution in [0.25, 0.3) is 45.0 Å². The predicted molar refractivity (Wildman–Crippen MR) is 200 cm³/mol. The summed E-state index contributed by atoms with van der Waals surface area (Å²) >= 11 is 0. The molecule has 7 aromatic rings. The molecular formula is C44H34BN3O2. The van der Waals surface area contributed by atoms with Crippen molar-refractivity contribution in [1.29, 1.82) is 0 Å². The molecule has 0 unspecified atom stereocenters. The van der Waals surface area contributed by atoms with Gasteiger partial charge in [-0.1, -0.05) is 103 Å². The molecule has 1 saturated heterocycles. The van der Waals surface area contributed by atoms with Gasteiger partial charge in [-0.05, 0) is 106 Å². The number of rotatable bonds is 6. The van der Waals surface area contributed by atoms with E-state index in [0.29, 0.717) is 6.61 Å². The standard InChI is InChI=1S/C44H34BN3O2/c1-43(2)29-49-45(50-43)38-28-37-35(33-19-9-10-20-36(33)44(37,31-15-5-3-6-16-31)32-17-7-4-8-18-32)27-34(38)30-25-41(39-21-11-13-23-46-39)48-42(26-30)40-22-12-14-24-47-40/h3-28H,29H2,1-2H3. The molecule has 240 valence electrons. The minimum Gasteiger partial charge on any atom is -0.404 e. The molecular weight excluding hydrogens is 613 g/mol. The lowest BCUT2D eigenvalue weighted by Crippen LogP contribution is -2.38. The van der Waals surface area contributed by atoms with Gasteiger partial charge in [0.2, 0.25) is 0 Å². The van der Waals surface area contributed by atoms with Gasteiger partial charge in [-0.15, -0.1) is 0 Å². The predicted octanol–water partition coefficient (Wildman–Crippen LogP) is 8.76. The lowest BCUT2D eigenvalue weighted by Gasteiger charge is -2.34. The number of aromatic nitrogens is 3. The first-order valence-corrected chi connectivity index (χ1v) is 17.1. The van der Waals surface area contributed by atoms with E-state index in [-0.39, 0.29) is 0 Å². The fraction of sp³-hybridized carbons (Fsp3) is 0.114. The molecule has 6 heteroatoms. The van der Waals surface area contributed by atoms with E-state index >= 15 is 0 Å². The summed E-state index contributed by atoms with van der Waals surface area (Å²) in [7, 11) is -0.567. The molecule has 9 rings (SSSR count). The molecule has 0 saturated carbocycles. The minimum absolute atomic E-state index is 0.434. The van der Waals surface area contributed by atoms with Crippen LogP contribution in [0, 0.1) is 0 Å². The van der Waals surface area contributed by atoms with Gasteiger partial charge in [-0.25, -0.2) is 4.98 Å². The molecule has 0 spiro atoms. The molecule has 2 aliphatic rings. The van der Waals surface area contributed by atoms with Crippen LogP contribution in [0.15, 0.2) is 158 Å². The van der Waals surface area contributed by atoms with E-state index in [2.05, 4.69) is 133 Å². The van der Waals surface area contributed by atoms with Crippen molar-refractivity contribution >= 4 is 12.6 Å². The van der Waals surface area contributed by atoms with Crippen LogP contribution >= 0.6 is 0 Å². The summed E-state index contributed by atoms with van der Waals surface area (Å²) in [6.07, 6.45) is 3.61. The Balaban J connectivity index is 1.37. The number of fused-ring (bicyclic) bond motifs is 3. The molecule has 0 N–H and O–H groups in total. The van der Waals surface area contributed by atoms with Crippen molar-refractivity contribution in [3.8, 4) is 45.0 Å². The van der Waals surface area contributed by atoms with Crippen LogP contribution in [0.2, 0.25) is 0 Å². The second-order valence-electron chi connectivity index (χ2n) is 13.6. The largest absolute Gasteiger partial charge is 0.495 e. The molecule has 1 fully saturated rings. The average Bonchev–Trinajstić information content (AvgIpc) is 3.69. The zero-order valence-corrected chi connectivity index (χ0v) is 28.0. The van der Waals surface area contributed by atoms with E-state index < -0.39 is 18.1 Å². The van der Waals surface area contributed by atoms with Gasteiger partial charge in [-0.3, -0.25) is 9.97 Å². The van der Waals surface area contributed by atoms with Crippen molar-refractivity contribution in [3.63, 3.8) is 0 Å². The summed E-state index contributed by atoms with van der Waals surface area (Å²) < 4.78 is 13.2. The van der Waals surface area contributed by atoms with Crippen molar-refractivity contribution in [2.24, 2.45) is 0 Å². The Morgan fingerprint density at radius 2 is 1.12 bits per heavy atom. The van der Waals surface area contributed by atoms with Crippen LogP contribution in [-0.4, -0.2) is 34.3 Å². The van der Waals surface area contributed by atoms with Crippen molar-refractivity contribution in [2.75, 3.05) is 6.61 Å². The lowest BCUT2D eigenvalue weighted by molar-refractivity contribution is 0.137. The van der Waals surface area contributed by atoms with Crippen molar-refractivity contribution < 1.29 is 9.31 Å². The van der Waals surface area contributed by atoms with Gasteiger partial charge in [0.05, 0.1) is 40.4 Å². The SMILES string of the molecule is CC1(C)COB(c2cc3c(cc2-c2cc(-c4ccccn4)nc(-c4ccccn4)c2)-c2ccccc2C3(c2ccccc2)c2ccccc2)O1. The van der Waals surface area contributed by atoms with Gasteiger partial charge in [-0.2, -0.15) is 0 Å². The maximum Gasteiger partial charge on any atom is 0.495 e. The maximum absolute atomic E-state index is 6.68. The molecule has 3 aromatic heterocycles. The first kappa shape index (κ1) is 30.4. The molecule has 0 amide bonds. The summed E-state index contributed by atoms with van der Waals surface area (Å²) in [6.45, 7) is 4.66. The third-order valence-corrected chi connectivity index (χ3v) is 9.88. The molecule has 0 atom stereocenters. The highest BCUT2D eigenvalue weighted by Crippen LogP contribution is 2.56. The number of benzene rings is 4. The van der Waals surface area contributed by atoms with E-state index in [0.717, 1.165) is 39.4 Å². The van der Waals surface area contributed by atoms with E-state index in [4.69, 9.17) is 14.3 Å². The third kappa shape index (κ3) is 4.99. The average molecular weight is 648 g/mol. The van der Waals surface area contributed by atoms with Crippen LogP contribution < -0.4 is 5.46 Å². The summed E-state index contributed by atoms with van der Waals surface area (Å²) in [4.78, 5) is 14.4. The quantitative estimate of drug-likeness (QED) is 0.169. The van der Waals surface area contributed by atoms with Crippen LogP contribution in [0.3, 0.4) is 0 Å². The number of hydrogen-bond acceptors (Lipinski definition) is 5. The highest BCUT2D eigenvalue weighted by atomic mass is 16.7. The molecule has 5 nitrogen and oxygen atoms in total. The van der Waals surface area contributed by atoms with Gasteiger partial charge in [0.25, 0.3) is 0 Å². The van der Waals surface area contributed by atoms with Crippen LogP contribution in [-0.2, 0) is 14.7 Å². The Hall–Kier alpha value is -5.69. The second kappa shape index (κ2) is 12.0. The summed E-state index contributed by atoms with van der Waals surface area (Å²) in [5.74, 6) is 0. The Bertz CT molecular complexity index is 2230. The topological polar surface area (TPSA) is 57.1 Å². The van der Waals surface area contributed by atoms with Gasteiger partial charge >= 0.3 is 7.12 Å². The fourth-order valence-electron chi connectivity index (χ4n) is 7.71. The van der Waals surface area contributed by atoms with Crippen LogP contribution in [0.5, 0.6) is 0 Å². The molecule has 4 heterocycles. The van der Waals surface area contributed by atoms with Gasteiger partial charge in [0.1, 0.15) is 0 Å². The first-order valence-electron chi connectivity index (χ1n) is 17.1. The smallest absolute Gasteiger partial charge is 0.404 e. The number of hydrogen-bond donors (Lipinski definition) is 0. The summed E-state index contributed by atoms with van der Waals surface area (Å²) in [5, 5.41) is 0. The summed E-state index contributed by atoms with van der Waals surface area (Å²) in [5.41, 5.74) is 12.4. The Morgan fingerprint density at radius 3 is 1.68 bits per heavy atom. The lowest BCUT2D eigenvalue weighted by atomic mass is 9.65. The molecule has 1 aliphatic carbocycles. The summed E-state index contributed by atoms with van der Waals surface area (Å²) in [6, 6.07) is 51.3. The first-order chi connectivity index (χ1) is 24.5. The molecule has 0 radical (unpaired) electrons. The Kier molecular flexibility index (Phi) is 7.31. The molecule has 1 aliphatic heterocycles. The zero-order valence-electron chi connectivity index (χ0n) is 28.0. The van der Waals surface area contributed by atoms with Crippen LogP contribution in [0.4, 0.5) is 0 Å². The van der Waals surface area contributed by atoms with E-state index in [9.17, 15) is 0 Å². The highest BCUT2D eigenvalue weighted by Gasteiger charge is 2.48. The number of pyridine rings is 3. The molecule has 0 bridgehead atoms. The fourth-order valence-corrected chi connectivity index (χ4v) is 7.71. The Labute approximate surface area is 292 Å². The zero-order chi connectivity index (χ0) is 33.7. The minimum atomic E-state index is -0.567. The Morgan fingerprint density at radius 1 is 0.540 bits per heavy atom. The van der Waals surface area contributed by atoms with E-state index in [1.165, 1.54) is 33.4 Å². The van der Waals surface area contributed by atoms with Gasteiger partial charge in [0, 0.05) is 12.4 Å². The van der Waals surface area contributed by atoms with Crippen LogP contribution in [0.1, 0.15) is 36.1 Å². The van der Waals surface area contributed by atoms with Crippen molar-refractivity contribution in [3.05, 3.63) is 180 Å². The van der Waals surface area contributed by atoms with Gasteiger partial charge in [0.15, 0.2) is 0 Å². The van der Waals surface area contributed by atoms with Crippen molar-refractivity contribution in [1.82, 2.24) is 15.0 Å². The third-order valence-electron chi connectivity index (χ3n) is 9.88. The number of nitrogens with zero attached hydrogens (tertiary/aromatic N) is 3. The monoisotopic (exact) mass is 647 g/mol. The van der Waals surface area contributed by atoms with Crippen molar-refractivity contribution in [2.45, 2.75) is 24.9 Å². The highest BCUT2D eigenvalue weighted by molar-refractivity contribution is 6.63.